The number of hydrogen-bond donors (Lipinski definition) is 1. The van der Waals surface area contributed by atoms with Crippen molar-refractivity contribution in [1.29, 1.82) is 0 Å². The van der Waals surface area contributed by atoms with Gasteiger partial charge in [-0.15, -0.1) is 0 Å². The van der Waals surface area contributed by atoms with Crippen LogP contribution in [0.25, 0.3) is 0 Å². The number of likely N-dealkylation sites (tertiary alicyclic amines) is 1. The first-order chi connectivity index (χ1) is 10.7. The highest BCUT2D eigenvalue weighted by Gasteiger charge is 2.40. The fourth-order valence-corrected chi connectivity index (χ4v) is 4.48. The van der Waals surface area contributed by atoms with E-state index in [0.29, 0.717) is 6.61 Å². The van der Waals surface area contributed by atoms with E-state index < -0.39 is 0 Å². The zero-order valence-electron chi connectivity index (χ0n) is 13.8. The van der Waals surface area contributed by atoms with E-state index in [9.17, 15) is 5.11 Å². The Hall–Kier alpha value is -0.870. The van der Waals surface area contributed by atoms with Crippen LogP contribution in [-0.2, 0) is 13.6 Å². The fourth-order valence-electron chi connectivity index (χ4n) is 4.48. The zero-order chi connectivity index (χ0) is 15.2. The molecule has 0 radical (unpaired) electrons. The Bertz CT molecular complexity index is 532. The first-order valence-electron chi connectivity index (χ1n) is 9.03. The Morgan fingerprint density at radius 3 is 2.82 bits per heavy atom. The van der Waals surface area contributed by atoms with Gasteiger partial charge in [-0.05, 0) is 44.6 Å². The quantitative estimate of drug-likeness (QED) is 0.878. The normalized spacial score (nSPS) is 29.9. The first-order valence-corrected chi connectivity index (χ1v) is 9.03. The Balaban J connectivity index is 1.46. The number of piperidine rings is 1. The van der Waals surface area contributed by atoms with Crippen molar-refractivity contribution in [2.45, 2.75) is 57.4 Å². The van der Waals surface area contributed by atoms with Crippen LogP contribution in [0.5, 0.6) is 0 Å². The number of aliphatic hydroxyl groups is 1. The molecule has 0 spiro atoms. The third kappa shape index (κ3) is 2.95. The van der Waals surface area contributed by atoms with Crippen molar-refractivity contribution < 1.29 is 5.11 Å². The second kappa shape index (κ2) is 5.64. The number of hydrogen-bond acceptors (Lipinski definition) is 3. The summed E-state index contributed by atoms with van der Waals surface area (Å²) in [5.74, 6) is 1.65. The smallest absolute Gasteiger partial charge is 0.0537 e. The van der Waals surface area contributed by atoms with Gasteiger partial charge in [0.25, 0.3) is 0 Å². The van der Waals surface area contributed by atoms with Crippen LogP contribution in [0, 0.1) is 11.3 Å². The largest absolute Gasteiger partial charge is 0.396 e. The third-order valence-electron chi connectivity index (χ3n) is 5.92. The average molecular weight is 303 g/mol. The Morgan fingerprint density at radius 2 is 2.14 bits per heavy atom. The van der Waals surface area contributed by atoms with E-state index >= 15 is 0 Å². The molecule has 0 bridgehead atoms. The lowest BCUT2D eigenvalue weighted by atomic mass is 9.76. The van der Waals surface area contributed by atoms with Gasteiger partial charge in [0.15, 0.2) is 0 Å². The molecule has 3 fully saturated rings. The van der Waals surface area contributed by atoms with Gasteiger partial charge in [-0.25, -0.2) is 0 Å². The van der Waals surface area contributed by atoms with Crippen molar-refractivity contribution in [2.75, 3.05) is 19.7 Å². The van der Waals surface area contributed by atoms with E-state index in [1.54, 1.807) is 0 Å². The van der Waals surface area contributed by atoms with Crippen molar-refractivity contribution in [3.8, 4) is 0 Å². The predicted molar refractivity (Wildman–Crippen MR) is 86.6 cm³/mol. The van der Waals surface area contributed by atoms with Gasteiger partial charge in [0, 0.05) is 49.3 Å². The van der Waals surface area contributed by atoms with E-state index in [1.165, 1.54) is 62.7 Å². The lowest BCUT2D eigenvalue weighted by Gasteiger charge is -2.42. The summed E-state index contributed by atoms with van der Waals surface area (Å²) in [5, 5.41) is 14.5. The molecule has 22 heavy (non-hydrogen) atoms. The lowest BCUT2D eigenvalue weighted by Crippen LogP contribution is -2.45. The number of nitrogens with zero attached hydrogens (tertiary/aromatic N) is 3. The Labute approximate surface area is 133 Å². The Kier molecular flexibility index (Phi) is 3.77. The SMILES string of the molecule is Cn1ncc(CN2CCC[C@@](CO)(CC3CC3)C2)c1C1CC1. The van der Waals surface area contributed by atoms with Crippen LogP contribution < -0.4 is 0 Å². The van der Waals surface area contributed by atoms with Gasteiger partial charge in [0.1, 0.15) is 0 Å². The van der Waals surface area contributed by atoms with Gasteiger partial charge in [-0.1, -0.05) is 12.8 Å². The van der Waals surface area contributed by atoms with Gasteiger partial charge in [-0.2, -0.15) is 5.10 Å². The standard InChI is InChI=1S/C18H29N3O/c1-20-17(15-5-6-15)16(10-19-20)11-21-8-2-7-18(12-21,13-22)9-14-3-4-14/h10,14-15,22H,2-9,11-13H2,1H3/t18-/m1/s1. The predicted octanol–water partition coefficient (Wildman–Crippen LogP) is 2.67. The first kappa shape index (κ1) is 14.7. The van der Waals surface area contributed by atoms with Crippen LogP contribution in [0.1, 0.15) is 62.1 Å². The maximum atomic E-state index is 10.0. The number of aryl methyl sites for hydroxylation is 1. The average Bonchev–Trinajstić information content (AvgIpc) is 3.43. The molecule has 1 N–H and O–H groups in total. The van der Waals surface area contributed by atoms with Crippen molar-refractivity contribution in [1.82, 2.24) is 14.7 Å². The van der Waals surface area contributed by atoms with Gasteiger partial charge >= 0.3 is 0 Å². The molecule has 0 unspecified atom stereocenters. The summed E-state index contributed by atoms with van der Waals surface area (Å²) in [5.41, 5.74) is 3.05. The van der Waals surface area contributed by atoms with Crippen LogP contribution in [-0.4, -0.2) is 39.5 Å². The summed E-state index contributed by atoms with van der Waals surface area (Å²) in [6.45, 7) is 3.62. The molecular formula is C18H29N3O. The highest BCUT2D eigenvalue weighted by atomic mass is 16.3. The van der Waals surface area contributed by atoms with Gasteiger partial charge in [0.2, 0.25) is 0 Å². The lowest BCUT2D eigenvalue weighted by molar-refractivity contribution is 0.0179. The molecule has 0 aromatic carbocycles. The van der Waals surface area contributed by atoms with Crippen LogP contribution in [0.15, 0.2) is 6.20 Å². The molecule has 3 aliphatic rings. The maximum absolute atomic E-state index is 10.0. The highest BCUT2D eigenvalue weighted by molar-refractivity contribution is 5.25. The molecule has 2 heterocycles. The minimum Gasteiger partial charge on any atom is -0.396 e. The molecule has 4 nitrogen and oxygen atoms in total. The molecule has 4 heteroatoms. The van der Waals surface area contributed by atoms with Crippen LogP contribution >= 0.6 is 0 Å². The molecule has 1 saturated heterocycles. The molecule has 0 amide bonds. The summed E-state index contributed by atoms with van der Waals surface area (Å²) < 4.78 is 2.08. The molecule has 1 atom stereocenters. The minimum atomic E-state index is 0.168. The molecule has 1 aromatic rings. The van der Waals surface area contributed by atoms with E-state index in [4.69, 9.17) is 0 Å². The fraction of sp³-hybridized carbons (Fsp3) is 0.833. The third-order valence-corrected chi connectivity index (χ3v) is 5.92. The summed E-state index contributed by atoms with van der Waals surface area (Å²) in [4.78, 5) is 2.57. The maximum Gasteiger partial charge on any atom is 0.0537 e. The summed E-state index contributed by atoms with van der Waals surface area (Å²) in [7, 11) is 2.08. The molecule has 122 valence electrons. The number of aliphatic hydroxyl groups excluding tert-OH is 1. The van der Waals surface area contributed by atoms with Gasteiger partial charge in [0.05, 0.1) is 6.20 Å². The van der Waals surface area contributed by atoms with E-state index in [2.05, 4.69) is 27.9 Å². The van der Waals surface area contributed by atoms with Crippen LogP contribution in [0.4, 0.5) is 0 Å². The highest BCUT2D eigenvalue weighted by Crippen LogP contribution is 2.45. The summed E-state index contributed by atoms with van der Waals surface area (Å²) in [6.07, 6.45) is 11.2. The van der Waals surface area contributed by atoms with E-state index in [-0.39, 0.29) is 5.41 Å². The number of aromatic nitrogens is 2. The molecular weight excluding hydrogens is 274 g/mol. The van der Waals surface area contributed by atoms with E-state index in [1.807, 2.05) is 0 Å². The zero-order valence-corrected chi connectivity index (χ0v) is 13.8. The molecule has 2 saturated carbocycles. The molecule has 2 aliphatic carbocycles. The summed E-state index contributed by atoms with van der Waals surface area (Å²) in [6, 6.07) is 0. The molecule has 4 rings (SSSR count). The Morgan fingerprint density at radius 1 is 1.32 bits per heavy atom. The topological polar surface area (TPSA) is 41.3 Å². The van der Waals surface area contributed by atoms with Crippen molar-refractivity contribution in [2.24, 2.45) is 18.4 Å². The minimum absolute atomic E-state index is 0.168. The second-order valence-corrected chi connectivity index (χ2v) is 8.07. The second-order valence-electron chi connectivity index (χ2n) is 8.07. The van der Waals surface area contributed by atoms with Gasteiger partial charge in [-0.3, -0.25) is 9.58 Å². The van der Waals surface area contributed by atoms with Crippen LogP contribution in [0.2, 0.25) is 0 Å². The molecule has 1 aliphatic heterocycles. The monoisotopic (exact) mass is 303 g/mol. The van der Waals surface area contributed by atoms with Crippen molar-refractivity contribution in [3.63, 3.8) is 0 Å². The number of rotatable bonds is 6. The van der Waals surface area contributed by atoms with Gasteiger partial charge < -0.3 is 5.11 Å². The van der Waals surface area contributed by atoms with Crippen molar-refractivity contribution in [3.05, 3.63) is 17.5 Å². The molecule has 1 aromatic heterocycles. The van der Waals surface area contributed by atoms with E-state index in [0.717, 1.165) is 24.9 Å². The van der Waals surface area contributed by atoms with Crippen molar-refractivity contribution >= 4 is 0 Å². The summed E-state index contributed by atoms with van der Waals surface area (Å²) >= 11 is 0. The van der Waals surface area contributed by atoms with Crippen LogP contribution in [0.3, 0.4) is 0 Å².